The molecule has 2 rings (SSSR count). The minimum absolute atomic E-state index is 0.178. The van der Waals surface area contributed by atoms with Gasteiger partial charge in [0.2, 0.25) is 0 Å². The average Bonchev–Trinajstić information content (AvgIpc) is 2.49. The van der Waals surface area contributed by atoms with Crippen molar-refractivity contribution in [3.05, 3.63) is 40.6 Å². The lowest BCUT2D eigenvalue weighted by Crippen LogP contribution is -2.56. The molecule has 1 N–H and O–H groups in total. The molecule has 1 unspecified atom stereocenters. The lowest BCUT2D eigenvalue weighted by atomic mass is 10.0. The molecule has 2 heteroatoms. The molecule has 0 radical (unpaired) electrons. The van der Waals surface area contributed by atoms with Crippen LogP contribution in [0.3, 0.4) is 0 Å². The van der Waals surface area contributed by atoms with Crippen molar-refractivity contribution >= 4 is 13.8 Å². The largest absolute Gasteiger partial charge is 0.329 e. The van der Waals surface area contributed by atoms with E-state index in [1.54, 1.807) is 5.20 Å². The van der Waals surface area contributed by atoms with Gasteiger partial charge in [0, 0.05) is 11.5 Å². The molecule has 19 heavy (non-hydrogen) atoms. The molecular formula is C17H27NSi. The number of hydrogen-bond donors (Lipinski definition) is 1. The zero-order valence-electron chi connectivity index (χ0n) is 13.4. The number of benzene rings is 1. The van der Waals surface area contributed by atoms with E-state index in [1.165, 1.54) is 16.7 Å². The van der Waals surface area contributed by atoms with E-state index in [-0.39, 0.29) is 5.54 Å². The summed E-state index contributed by atoms with van der Waals surface area (Å²) in [4.78, 5) is 3.91. The summed E-state index contributed by atoms with van der Waals surface area (Å²) in [5, 5.41) is 1.67. The van der Waals surface area contributed by atoms with Gasteiger partial charge in [-0.1, -0.05) is 49.5 Å². The number of allylic oxidation sites excluding steroid dienone is 2. The molecule has 0 bridgehead atoms. The molecule has 0 heterocycles. The van der Waals surface area contributed by atoms with Crippen LogP contribution in [-0.4, -0.2) is 13.8 Å². The lowest BCUT2D eigenvalue weighted by Gasteiger charge is -2.36. The van der Waals surface area contributed by atoms with Crippen LogP contribution in [0.5, 0.6) is 0 Å². The Morgan fingerprint density at radius 2 is 1.68 bits per heavy atom. The highest BCUT2D eigenvalue weighted by molar-refractivity contribution is 6.83. The van der Waals surface area contributed by atoms with Crippen molar-refractivity contribution in [1.82, 2.24) is 4.98 Å². The topological polar surface area (TPSA) is 12.0 Å². The normalized spacial score (nSPS) is 19.8. The van der Waals surface area contributed by atoms with Crippen LogP contribution < -0.4 is 4.98 Å². The highest BCUT2D eigenvalue weighted by atomic mass is 28.3. The summed E-state index contributed by atoms with van der Waals surface area (Å²) < 4.78 is 0. The molecule has 0 saturated carbocycles. The van der Waals surface area contributed by atoms with E-state index >= 15 is 0 Å². The molecule has 1 aliphatic carbocycles. The summed E-state index contributed by atoms with van der Waals surface area (Å²) >= 11 is 0. The zero-order chi connectivity index (χ0) is 14.4. The number of nitrogens with one attached hydrogen (secondary N) is 1. The molecule has 0 fully saturated rings. The molecule has 1 aromatic carbocycles. The van der Waals surface area contributed by atoms with Crippen LogP contribution in [0.2, 0.25) is 13.1 Å². The Morgan fingerprint density at radius 1 is 1.11 bits per heavy atom. The van der Waals surface area contributed by atoms with Crippen molar-refractivity contribution in [3.63, 3.8) is 0 Å². The molecule has 0 aliphatic heterocycles. The van der Waals surface area contributed by atoms with Crippen molar-refractivity contribution in [2.45, 2.75) is 59.2 Å². The second kappa shape index (κ2) is 4.60. The number of fused-ring (bicyclic) bond motifs is 1. The smallest absolute Gasteiger partial charge is 0.148 e. The van der Waals surface area contributed by atoms with Crippen LogP contribution in [0.4, 0.5) is 0 Å². The molecule has 0 amide bonds. The van der Waals surface area contributed by atoms with Gasteiger partial charge in [0.15, 0.2) is 0 Å². The minimum Gasteiger partial charge on any atom is -0.329 e. The van der Waals surface area contributed by atoms with Crippen LogP contribution in [-0.2, 0) is 0 Å². The maximum absolute atomic E-state index is 3.91. The van der Waals surface area contributed by atoms with Gasteiger partial charge in [-0.3, -0.25) is 0 Å². The highest BCUT2D eigenvalue weighted by Gasteiger charge is 2.39. The van der Waals surface area contributed by atoms with Gasteiger partial charge in [-0.05, 0) is 44.4 Å². The van der Waals surface area contributed by atoms with Gasteiger partial charge in [0.25, 0.3) is 0 Å². The second-order valence-electron chi connectivity index (χ2n) is 7.35. The van der Waals surface area contributed by atoms with Crippen molar-refractivity contribution in [3.8, 4) is 0 Å². The average molecular weight is 273 g/mol. The van der Waals surface area contributed by atoms with Crippen molar-refractivity contribution in [2.24, 2.45) is 0 Å². The van der Waals surface area contributed by atoms with Gasteiger partial charge >= 0.3 is 0 Å². The fourth-order valence-corrected chi connectivity index (χ4v) is 8.18. The first-order valence-electron chi connectivity index (χ1n) is 7.23. The third-order valence-corrected chi connectivity index (χ3v) is 7.56. The van der Waals surface area contributed by atoms with E-state index in [0.717, 1.165) is 0 Å². The quantitative estimate of drug-likeness (QED) is 0.770. The molecular weight excluding hydrogens is 246 g/mol. The molecule has 104 valence electrons. The maximum Gasteiger partial charge on any atom is 0.148 e. The Hall–Kier alpha value is -0.863. The van der Waals surface area contributed by atoms with E-state index in [2.05, 4.69) is 77.0 Å². The Balaban J connectivity index is 2.45. The summed E-state index contributed by atoms with van der Waals surface area (Å²) in [6.07, 6.45) is 0. The molecule has 0 spiro atoms. The van der Waals surface area contributed by atoms with Crippen molar-refractivity contribution < 1.29 is 0 Å². The molecule has 0 aromatic heterocycles. The first kappa shape index (κ1) is 14.5. The van der Waals surface area contributed by atoms with Crippen LogP contribution in [0.15, 0.2) is 29.5 Å². The summed E-state index contributed by atoms with van der Waals surface area (Å²) in [6, 6.07) is 8.88. The Morgan fingerprint density at radius 3 is 2.21 bits per heavy atom. The highest BCUT2D eigenvalue weighted by Crippen LogP contribution is 2.44. The standard InChI is InChI=1S/C17H27NSi/c1-12-14-10-8-9-11-15(14)13(2)16(12)19(6,7)18-17(3,4)5/h8-12,18H,1-7H3. The lowest BCUT2D eigenvalue weighted by molar-refractivity contribution is 0.513. The summed E-state index contributed by atoms with van der Waals surface area (Å²) in [5.74, 6) is 0.563. The van der Waals surface area contributed by atoms with Gasteiger partial charge < -0.3 is 4.98 Å². The van der Waals surface area contributed by atoms with Crippen LogP contribution in [0.25, 0.3) is 5.57 Å². The number of rotatable bonds is 2. The summed E-state index contributed by atoms with van der Waals surface area (Å²) in [6.45, 7) is 16.4. The molecule has 1 aromatic rings. The third-order valence-electron chi connectivity index (χ3n) is 4.03. The van der Waals surface area contributed by atoms with Crippen molar-refractivity contribution in [1.29, 1.82) is 0 Å². The predicted octanol–water partition coefficient (Wildman–Crippen LogP) is 4.71. The summed E-state index contributed by atoms with van der Waals surface area (Å²) in [7, 11) is -1.60. The third kappa shape index (κ3) is 2.70. The Labute approximate surface area is 119 Å². The first-order chi connectivity index (χ1) is 8.63. The van der Waals surface area contributed by atoms with E-state index in [9.17, 15) is 0 Å². The fourth-order valence-electron chi connectivity index (χ4n) is 3.86. The molecule has 1 nitrogen and oxygen atoms in total. The van der Waals surface area contributed by atoms with E-state index < -0.39 is 8.24 Å². The maximum atomic E-state index is 3.91. The van der Waals surface area contributed by atoms with Gasteiger partial charge in [-0.15, -0.1) is 0 Å². The van der Waals surface area contributed by atoms with E-state index in [1.807, 2.05) is 0 Å². The molecule has 1 atom stereocenters. The predicted molar refractivity (Wildman–Crippen MR) is 87.8 cm³/mol. The Bertz CT molecular complexity index is 520. The van der Waals surface area contributed by atoms with Gasteiger partial charge in [0.1, 0.15) is 8.24 Å². The van der Waals surface area contributed by atoms with Crippen molar-refractivity contribution in [2.75, 3.05) is 0 Å². The zero-order valence-corrected chi connectivity index (χ0v) is 14.4. The van der Waals surface area contributed by atoms with E-state index in [0.29, 0.717) is 5.92 Å². The van der Waals surface area contributed by atoms with Gasteiger partial charge in [-0.25, -0.2) is 0 Å². The SMILES string of the molecule is CC1=C([Si](C)(C)NC(C)(C)C)C(C)c2ccccc21. The van der Waals surface area contributed by atoms with E-state index in [4.69, 9.17) is 0 Å². The van der Waals surface area contributed by atoms with Crippen LogP contribution in [0, 0.1) is 0 Å². The monoisotopic (exact) mass is 273 g/mol. The van der Waals surface area contributed by atoms with Gasteiger partial charge in [0.05, 0.1) is 0 Å². The second-order valence-corrected chi connectivity index (χ2v) is 11.4. The van der Waals surface area contributed by atoms with Gasteiger partial charge in [-0.2, -0.15) is 0 Å². The molecule has 1 aliphatic rings. The van der Waals surface area contributed by atoms with Crippen LogP contribution in [0.1, 0.15) is 51.7 Å². The summed E-state index contributed by atoms with van der Waals surface area (Å²) in [5.41, 5.74) is 4.65. The number of hydrogen-bond acceptors (Lipinski definition) is 1. The minimum atomic E-state index is -1.60. The van der Waals surface area contributed by atoms with Crippen LogP contribution >= 0.6 is 0 Å². The molecule has 0 saturated heterocycles. The first-order valence-corrected chi connectivity index (χ1v) is 10.2. The Kier molecular flexibility index (Phi) is 3.52. The fraction of sp³-hybridized carbons (Fsp3) is 0.529.